The van der Waals surface area contributed by atoms with E-state index in [2.05, 4.69) is 5.32 Å². The molecule has 1 aromatic carbocycles. The number of carbonyl (C=O) groups excluding carboxylic acids is 1. The van der Waals surface area contributed by atoms with Gasteiger partial charge in [-0.15, -0.1) is 0 Å². The molecule has 1 saturated carbocycles. The van der Waals surface area contributed by atoms with Crippen molar-refractivity contribution in [2.24, 2.45) is 5.73 Å². The number of nitrogens with one attached hydrogen (secondary N) is 1. The Morgan fingerprint density at radius 2 is 2.16 bits per heavy atom. The summed E-state index contributed by atoms with van der Waals surface area (Å²) in [7, 11) is 1.66. The number of nitrogens with two attached hydrogens (primary N) is 1. The van der Waals surface area contributed by atoms with Crippen LogP contribution in [0.4, 0.5) is 5.69 Å². The molecule has 0 bridgehead atoms. The lowest BCUT2D eigenvalue weighted by molar-refractivity contribution is -0.129. The molecule has 102 valence electrons. The fourth-order valence-corrected chi connectivity index (χ4v) is 2.50. The van der Waals surface area contributed by atoms with E-state index in [1.807, 2.05) is 12.1 Å². The summed E-state index contributed by atoms with van der Waals surface area (Å²) in [5.41, 5.74) is 6.70. The Morgan fingerprint density at radius 1 is 1.47 bits per heavy atom. The van der Waals surface area contributed by atoms with Crippen molar-refractivity contribution in [3.8, 4) is 0 Å². The summed E-state index contributed by atoms with van der Waals surface area (Å²) in [6.07, 6.45) is 3.36. The maximum Gasteiger partial charge on any atom is 0.227 e. The second-order valence-electron chi connectivity index (χ2n) is 4.88. The Balaban J connectivity index is 2.05. The third kappa shape index (κ3) is 3.11. The van der Waals surface area contributed by atoms with Crippen molar-refractivity contribution in [2.75, 3.05) is 12.4 Å². The lowest BCUT2D eigenvalue weighted by atomic mass is 9.77. The second-order valence-corrected chi connectivity index (χ2v) is 5.32. The van der Waals surface area contributed by atoms with Gasteiger partial charge < -0.3 is 15.8 Å². The number of rotatable bonds is 5. The summed E-state index contributed by atoms with van der Waals surface area (Å²) >= 11 is 4.97. The standard InChI is InChI=1S/C14H18N2O2S/c1-18-14(7-4-8-14)9-12(17)16-11-6-3-2-5-10(11)13(15)19/h2-3,5-6H,4,7-9H2,1H3,(H2,15,19)(H,16,17). The van der Waals surface area contributed by atoms with Crippen LogP contribution < -0.4 is 11.1 Å². The van der Waals surface area contributed by atoms with Gasteiger partial charge in [0.25, 0.3) is 0 Å². The Labute approximate surface area is 118 Å². The minimum atomic E-state index is -0.276. The highest BCUT2D eigenvalue weighted by atomic mass is 32.1. The number of carbonyl (C=O) groups is 1. The van der Waals surface area contributed by atoms with Crippen LogP contribution >= 0.6 is 12.2 Å². The van der Waals surface area contributed by atoms with Gasteiger partial charge in [0.1, 0.15) is 4.99 Å². The van der Waals surface area contributed by atoms with Crippen LogP contribution in [0.3, 0.4) is 0 Å². The molecule has 1 aliphatic rings. The molecule has 0 atom stereocenters. The fourth-order valence-electron chi connectivity index (χ4n) is 2.32. The normalized spacial score (nSPS) is 16.5. The Hall–Kier alpha value is -1.46. The topological polar surface area (TPSA) is 64.3 Å². The van der Waals surface area contributed by atoms with Gasteiger partial charge in [0.15, 0.2) is 0 Å². The van der Waals surface area contributed by atoms with Gasteiger partial charge in [0.2, 0.25) is 5.91 Å². The average Bonchev–Trinajstić information content (AvgIpc) is 2.34. The van der Waals surface area contributed by atoms with Gasteiger partial charge in [0, 0.05) is 12.7 Å². The van der Waals surface area contributed by atoms with E-state index in [9.17, 15) is 4.79 Å². The van der Waals surface area contributed by atoms with Gasteiger partial charge in [-0.25, -0.2) is 0 Å². The van der Waals surface area contributed by atoms with E-state index in [0.717, 1.165) is 19.3 Å². The lowest BCUT2D eigenvalue weighted by Crippen LogP contribution is -2.42. The zero-order valence-corrected chi connectivity index (χ0v) is 11.8. The van der Waals surface area contributed by atoms with Gasteiger partial charge in [0.05, 0.1) is 17.7 Å². The van der Waals surface area contributed by atoms with Gasteiger partial charge >= 0.3 is 0 Å². The van der Waals surface area contributed by atoms with E-state index >= 15 is 0 Å². The van der Waals surface area contributed by atoms with Gasteiger partial charge in [-0.3, -0.25) is 4.79 Å². The van der Waals surface area contributed by atoms with Crippen LogP contribution in [0.2, 0.25) is 0 Å². The number of hydrogen-bond acceptors (Lipinski definition) is 3. The van der Waals surface area contributed by atoms with Crippen molar-refractivity contribution >= 4 is 28.8 Å². The zero-order chi connectivity index (χ0) is 13.9. The first-order valence-electron chi connectivity index (χ1n) is 6.30. The predicted octanol–water partition coefficient (Wildman–Crippen LogP) is 2.22. The molecule has 0 spiro atoms. The Kier molecular flexibility index (Phi) is 4.17. The number of benzene rings is 1. The molecule has 1 aliphatic carbocycles. The number of para-hydroxylation sites is 1. The van der Waals surface area contributed by atoms with Crippen molar-refractivity contribution in [3.05, 3.63) is 29.8 Å². The van der Waals surface area contributed by atoms with E-state index in [4.69, 9.17) is 22.7 Å². The number of hydrogen-bond donors (Lipinski definition) is 2. The molecule has 0 saturated heterocycles. The summed E-state index contributed by atoms with van der Waals surface area (Å²) < 4.78 is 5.45. The highest BCUT2D eigenvalue weighted by Crippen LogP contribution is 2.38. The molecule has 3 N–H and O–H groups in total. The second kappa shape index (κ2) is 5.67. The van der Waals surface area contributed by atoms with Gasteiger partial charge in [-0.05, 0) is 31.4 Å². The van der Waals surface area contributed by atoms with E-state index in [0.29, 0.717) is 17.7 Å². The maximum atomic E-state index is 12.1. The maximum absolute atomic E-state index is 12.1. The number of ether oxygens (including phenoxy) is 1. The molecule has 0 radical (unpaired) electrons. The molecule has 1 amide bonds. The van der Waals surface area contributed by atoms with E-state index in [-0.39, 0.29) is 16.5 Å². The Bertz CT molecular complexity index is 492. The minimum absolute atomic E-state index is 0.0646. The molecule has 0 heterocycles. The first-order chi connectivity index (χ1) is 9.06. The lowest BCUT2D eigenvalue weighted by Gasteiger charge is -2.39. The van der Waals surface area contributed by atoms with Crippen molar-refractivity contribution in [3.63, 3.8) is 0 Å². The van der Waals surface area contributed by atoms with Crippen LogP contribution in [0.1, 0.15) is 31.2 Å². The highest BCUT2D eigenvalue weighted by Gasteiger charge is 2.39. The molecule has 2 rings (SSSR count). The van der Waals surface area contributed by atoms with Crippen LogP contribution in [0.25, 0.3) is 0 Å². The highest BCUT2D eigenvalue weighted by molar-refractivity contribution is 7.80. The van der Waals surface area contributed by atoms with Gasteiger partial charge in [-0.2, -0.15) is 0 Å². The van der Waals surface area contributed by atoms with Crippen molar-refractivity contribution in [1.29, 1.82) is 0 Å². The van der Waals surface area contributed by atoms with Crippen molar-refractivity contribution in [1.82, 2.24) is 0 Å². The SMILES string of the molecule is COC1(CC(=O)Nc2ccccc2C(N)=S)CCC1. The average molecular weight is 278 g/mol. The first-order valence-corrected chi connectivity index (χ1v) is 6.71. The van der Waals surface area contributed by atoms with Crippen molar-refractivity contribution in [2.45, 2.75) is 31.3 Å². The fraction of sp³-hybridized carbons (Fsp3) is 0.429. The number of methoxy groups -OCH3 is 1. The largest absolute Gasteiger partial charge is 0.389 e. The molecular weight excluding hydrogens is 260 g/mol. The van der Waals surface area contributed by atoms with Crippen LogP contribution in [0.15, 0.2) is 24.3 Å². The molecule has 0 aliphatic heterocycles. The van der Waals surface area contributed by atoms with E-state index < -0.39 is 0 Å². The molecule has 0 aromatic heterocycles. The zero-order valence-electron chi connectivity index (χ0n) is 10.9. The number of anilines is 1. The number of thiocarbonyl (C=S) groups is 1. The molecule has 19 heavy (non-hydrogen) atoms. The van der Waals surface area contributed by atoms with E-state index in [1.54, 1.807) is 19.2 Å². The summed E-state index contributed by atoms with van der Waals surface area (Å²) in [5.74, 6) is -0.0646. The van der Waals surface area contributed by atoms with Crippen molar-refractivity contribution < 1.29 is 9.53 Å². The molecule has 1 fully saturated rings. The predicted molar refractivity (Wildman–Crippen MR) is 79.2 cm³/mol. The first kappa shape index (κ1) is 14.0. The molecular formula is C14H18N2O2S. The molecule has 0 unspecified atom stereocenters. The summed E-state index contributed by atoms with van der Waals surface area (Å²) in [5, 5.41) is 2.86. The van der Waals surface area contributed by atoms with E-state index in [1.165, 1.54) is 0 Å². The van der Waals surface area contributed by atoms with Crippen LogP contribution in [0, 0.1) is 0 Å². The summed E-state index contributed by atoms with van der Waals surface area (Å²) in [6.45, 7) is 0. The van der Waals surface area contributed by atoms with Crippen LogP contribution in [-0.4, -0.2) is 23.6 Å². The van der Waals surface area contributed by atoms with Gasteiger partial charge in [-0.1, -0.05) is 24.4 Å². The summed E-state index contributed by atoms with van der Waals surface area (Å²) in [4.78, 5) is 12.4. The third-order valence-corrected chi connectivity index (χ3v) is 3.87. The quantitative estimate of drug-likeness (QED) is 0.811. The number of amides is 1. The summed E-state index contributed by atoms with van der Waals surface area (Å²) in [6, 6.07) is 7.28. The minimum Gasteiger partial charge on any atom is -0.389 e. The van der Waals surface area contributed by atoms with Crippen LogP contribution in [0.5, 0.6) is 0 Å². The molecule has 1 aromatic rings. The Morgan fingerprint density at radius 3 is 2.68 bits per heavy atom. The smallest absolute Gasteiger partial charge is 0.227 e. The molecule has 4 nitrogen and oxygen atoms in total. The molecule has 5 heteroatoms. The monoisotopic (exact) mass is 278 g/mol. The third-order valence-electron chi connectivity index (χ3n) is 3.65. The van der Waals surface area contributed by atoms with Crippen LogP contribution in [-0.2, 0) is 9.53 Å².